The van der Waals surface area contributed by atoms with E-state index in [-0.39, 0.29) is 11.0 Å². The number of benzene rings is 3. The lowest BCUT2D eigenvalue weighted by Gasteiger charge is -2.19. The van der Waals surface area contributed by atoms with E-state index in [0.717, 1.165) is 33.5 Å². The fraction of sp³-hybridized carbons (Fsp3) is 0.261. The fourth-order valence-electron chi connectivity index (χ4n) is 3.49. The van der Waals surface area contributed by atoms with Gasteiger partial charge in [0.05, 0.1) is 5.39 Å². The molecule has 3 aromatic carbocycles. The molecule has 2 heteroatoms. The van der Waals surface area contributed by atoms with Crippen LogP contribution in [-0.2, 0) is 11.8 Å². The van der Waals surface area contributed by atoms with E-state index in [1.54, 1.807) is 0 Å². The van der Waals surface area contributed by atoms with Crippen molar-refractivity contribution in [1.29, 1.82) is 0 Å². The predicted molar refractivity (Wildman–Crippen MR) is 106 cm³/mol. The Morgan fingerprint density at radius 3 is 2.32 bits per heavy atom. The molecule has 0 unspecified atom stereocenters. The molecule has 0 aliphatic carbocycles. The third-order valence-electron chi connectivity index (χ3n) is 5.04. The molecule has 1 heterocycles. The summed E-state index contributed by atoms with van der Waals surface area (Å²) in [4.78, 5) is 12.8. The molecule has 2 nitrogen and oxygen atoms in total. The molecule has 0 saturated carbocycles. The van der Waals surface area contributed by atoms with Crippen LogP contribution in [0.1, 0.15) is 38.8 Å². The third-order valence-corrected chi connectivity index (χ3v) is 5.04. The zero-order valence-corrected chi connectivity index (χ0v) is 15.1. The maximum atomic E-state index is 12.8. The molecule has 126 valence electrons. The average molecular weight is 330 g/mol. The summed E-state index contributed by atoms with van der Waals surface area (Å²) in [6.45, 7) is 8.61. The lowest BCUT2D eigenvalue weighted by atomic mass is 9.86. The van der Waals surface area contributed by atoms with Crippen molar-refractivity contribution in [2.45, 2.75) is 39.5 Å². The summed E-state index contributed by atoms with van der Waals surface area (Å²) in [6.07, 6.45) is 0.982. The highest BCUT2D eigenvalue weighted by atomic mass is 16.4. The molecule has 0 bridgehead atoms. The summed E-state index contributed by atoms with van der Waals surface area (Å²) in [6, 6.07) is 16.7. The molecule has 0 radical (unpaired) electrons. The fourth-order valence-corrected chi connectivity index (χ4v) is 3.49. The standard InChI is InChI=1S/C23H22O2/c1-5-14-6-9-17-15(12-14)7-10-19-18-11-8-16(23(2,3)4)13-20(18)25-22(24)21(17)19/h6-13H,5H2,1-4H3. The molecule has 1 aromatic heterocycles. The molecule has 0 amide bonds. The highest BCUT2D eigenvalue weighted by molar-refractivity contribution is 6.15. The molecule has 0 spiro atoms. The lowest BCUT2D eigenvalue weighted by molar-refractivity contribution is 0.561. The second-order valence-electron chi connectivity index (χ2n) is 7.75. The summed E-state index contributed by atoms with van der Waals surface area (Å²) >= 11 is 0. The van der Waals surface area contributed by atoms with Crippen molar-refractivity contribution in [1.82, 2.24) is 0 Å². The first-order chi connectivity index (χ1) is 11.9. The van der Waals surface area contributed by atoms with Gasteiger partial charge in [0.2, 0.25) is 0 Å². The monoisotopic (exact) mass is 330 g/mol. The van der Waals surface area contributed by atoms with Gasteiger partial charge in [-0.25, -0.2) is 4.79 Å². The Balaban J connectivity index is 2.11. The van der Waals surface area contributed by atoms with E-state index < -0.39 is 0 Å². The Bertz CT molecular complexity index is 1170. The quantitative estimate of drug-likeness (QED) is 0.318. The Morgan fingerprint density at radius 2 is 1.60 bits per heavy atom. The van der Waals surface area contributed by atoms with Gasteiger partial charge in [0, 0.05) is 10.8 Å². The van der Waals surface area contributed by atoms with Crippen LogP contribution in [0.3, 0.4) is 0 Å². The van der Waals surface area contributed by atoms with Gasteiger partial charge in [0.25, 0.3) is 0 Å². The van der Waals surface area contributed by atoms with Crippen LogP contribution in [-0.4, -0.2) is 0 Å². The third kappa shape index (κ3) is 2.53. The normalized spacial score (nSPS) is 12.3. The predicted octanol–water partition coefficient (Wildman–Crippen LogP) is 5.96. The smallest absolute Gasteiger partial charge is 0.344 e. The molecule has 4 aromatic rings. The van der Waals surface area contributed by atoms with Crippen molar-refractivity contribution >= 4 is 32.5 Å². The number of hydrogen-bond donors (Lipinski definition) is 0. The topological polar surface area (TPSA) is 30.2 Å². The number of fused-ring (bicyclic) bond motifs is 5. The van der Waals surface area contributed by atoms with Gasteiger partial charge in [-0.3, -0.25) is 0 Å². The molecule has 25 heavy (non-hydrogen) atoms. The highest BCUT2D eigenvalue weighted by Crippen LogP contribution is 2.32. The van der Waals surface area contributed by atoms with Crippen LogP contribution in [0, 0.1) is 0 Å². The van der Waals surface area contributed by atoms with Crippen LogP contribution in [0.25, 0.3) is 32.5 Å². The van der Waals surface area contributed by atoms with Gasteiger partial charge in [0.1, 0.15) is 5.58 Å². The zero-order valence-electron chi connectivity index (χ0n) is 15.1. The Morgan fingerprint density at radius 1 is 0.880 bits per heavy atom. The van der Waals surface area contributed by atoms with Crippen LogP contribution in [0.5, 0.6) is 0 Å². The van der Waals surface area contributed by atoms with Gasteiger partial charge in [-0.15, -0.1) is 0 Å². The first-order valence-electron chi connectivity index (χ1n) is 8.81. The SMILES string of the molecule is CCc1ccc2c(ccc3c4ccc(C(C)(C)C)cc4oc(=O)c23)c1. The maximum absolute atomic E-state index is 12.8. The van der Waals surface area contributed by atoms with Crippen LogP contribution >= 0.6 is 0 Å². The van der Waals surface area contributed by atoms with Crippen molar-refractivity contribution in [2.24, 2.45) is 0 Å². The van der Waals surface area contributed by atoms with Gasteiger partial charge in [-0.2, -0.15) is 0 Å². The molecule has 0 atom stereocenters. The van der Waals surface area contributed by atoms with Crippen LogP contribution in [0.4, 0.5) is 0 Å². The number of hydrogen-bond acceptors (Lipinski definition) is 2. The van der Waals surface area contributed by atoms with E-state index >= 15 is 0 Å². The molecule has 0 aliphatic rings. The van der Waals surface area contributed by atoms with Gasteiger partial charge >= 0.3 is 5.63 Å². The van der Waals surface area contributed by atoms with Gasteiger partial charge in [-0.1, -0.05) is 70.2 Å². The van der Waals surface area contributed by atoms with E-state index in [1.807, 2.05) is 18.2 Å². The first-order valence-corrected chi connectivity index (χ1v) is 8.81. The minimum Gasteiger partial charge on any atom is -0.422 e. The lowest BCUT2D eigenvalue weighted by Crippen LogP contribution is -2.11. The van der Waals surface area contributed by atoms with E-state index in [4.69, 9.17) is 4.42 Å². The van der Waals surface area contributed by atoms with E-state index in [1.165, 1.54) is 5.56 Å². The molecule has 0 N–H and O–H groups in total. The van der Waals surface area contributed by atoms with Crippen molar-refractivity contribution in [3.63, 3.8) is 0 Å². The van der Waals surface area contributed by atoms with Crippen molar-refractivity contribution in [3.05, 3.63) is 70.1 Å². The van der Waals surface area contributed by atoms with Gasteiger partial charge < -0.3 is 4.42 Å². The molecule has 0 saturated heterocycles. The van der Waals surface area contributed by atoms with Crippen molar-refractivity contribution in [2.75, 3.05) is 0 Å². The Kier molecular flexibility index (Phi) is 3.47. The molecular weight excluding hydrogens is 308 g/mol. The largest absolute Gasteiger partial charge is 0.422 e. The van der Waals surface area contributed by atoms with E-state index in [9.17, 15) is 4.79 Å². The molecule has 4 rings (SSSR count). The molecule has 0 fully saturated rings. The van der Waals surface area contributed by atoms with Crippen LogP contribution < -0.4 is 5.63 Å². The van der Waals surface area contributed by atoms with Crippen LogP contribution in [0.2, 0.25) is 0 Å². The number of aryl methyl sites for hydroxylation is 1. The van der Waals surface area contributed by atoms with Crippen molar-refractivity contribution < 1.29 is 4.42 Å². The van der Waals surface area contributed by atoms with Crippen molar-refractivity contribution in [3.8, 4) is 0 Å². The summed E-state index contributed by atoms with van der Waals surface area (Å²) in [5, 5.41) is 4.68. The van der Waals surface area contributed by atoms with Gasteiger partial charge in [0.15, 0.2) is 0 Å². The summed E-state index contributed by atoms with van der Waals surface area (Å²) in [5.74, 6) is 0. The second kappa shape index (κ2) is 5.45. The van der Waals surface area contributed by atoms with Crippen LogP contribution in [0.15, 0.2) is 57.7 Å². The first kappa shape index (κ1) is 15.9. The number of rotatable bonds is 1. The maximum Gasteiger partial charge on any atom is 0.344 e. The average Bonchev–Trinajstić information content (AvgIpc) is 2.59. The zero-order chi connectivity index (χ0) is 17.8. The molecule has 0 aliphatic heterocycles. The minimum absolute atomic E-state index is 0.0155. The van der Waals surface area contributed by atoms with E-state index in [2.05, 4.69) is 58.0 Å². The summed E-state index contributed by atoms with van der Waals surface area (Å²) in [5.41, 5.74) is 2.85. The Hall–Kier alpha value is -2.61. The highest BCUT2D eigenvalue weighted by Gasteiger charge is 2.17. The second-order valence-corrected chi connectivity index (χ2v) is 7.75. The minimum atomic E-state index is -0.261. The summed E-state index contributed by atoms with van der Waals surface area (Å²) in [7, 11) is 0. The molecular formula is C23H22O2. The summed E-state index contributed by atoms with van der Waals surface area (Å²) < 4.78 is 5.72. The van der Waals surface area contributed by atoms with Gasteiger partial charge in [-0.05, 0) is 39.8 Å². The Labute approximate surface area is 147 Å². The van der Waals surface area contributed by atoms with E-state index in [0.29, 0.717) is 11.0 Å².